The summed E-state index contributed by atoms with van der Waals surface area (Å²) in [4.78, 5) is 29.4. The van der Waals surface area contributed by atoms with Gasteiger partial charge in [-0.25, -0.2) is 4.98 Å². The zero-order chi connectivity index (χ0) is 19.6. The van der Waals surface area contributed by atoms with Crippen LogP contribution in [0.5, 0.6) is 0 Å². The van der Waals surface area contributed by atoms with Gasteiger partial charge in [0.1, 0.15) is 5.82 Å². The van der Waals surface area contributed by atoms with Crippen molar-refractivity contribution in [1.82, 2.24) is 19.9 Å². The summed E-state index contributed by atoms with van der Waals surface area (Å²) in [5, 5.41) is 3.56. The number of hydrogen-bond donors (Lipinski definition) is 1. The summed E-state index contributed by atoms with van der Waals surface area (Å²) in [7, 11) is 3.86. The highest BCUT2D eigenvalue weighted by molar-refractivity contribution is 5.73. The molecule has 1 aliphatic rings. The SMILES string of the molecule is CC(=O)N1CCc2c(nc(N(C)C)nc2N[C@@H](C)Cc2ncccc2C)C1. The Hall–Kier alpha value is -2.70. The average Bonchev–Trinajstić information content (AvgIpc) is 2.62. The molecule has 1 amide bonds. The molecule has 0 fully saturated rings. The molecule has 1 N–H and O–H groups in total. The maximum absolute atomic E-state index is 11.8. The number of carbonyl (C=O) groups excluding carboxylic acids is 1. The Bertz CT molecular complexity index is 835. The van der Waals surface area contributed by atoms with Crippen LogP contribution in [0.4, 0.5) is 11.8 Å². The Labute approximate surface area is 160 Å². The van der Waals surface area contributed by atoms with E-state index in [9.17, 15) is 4.79 Å². The molecule has 2 aromatic rings. The number of anilines is 2. The third-order valence-electron chi connectivity index (χ3n) is 4.90. The molecule has 0 saturated heterocycles. The molecule has 0 spiro atoms. The number of hydrogen-bond acceptors (Lipinski definition) is 6. The van der Waals surface area contributed by atoms with Gasteiger partial charge in [-0.1, -0.05) is 6.07 Å². The zero-order valence-corrected chi connectivity index (χ0v) is 16.8. The van der Waals surface area contributed by atoms with Crippen LogP contribution in [0.2, 0.25) is 0 Å². The molecule has 2 aromatic heterocycles. The molecule has 0 bridgehead atoms. The van der Waals surface area contributed by atoms with Gasteiger partial charge in [-0.3, -0.25) is 9.78 Å². The lowest BCUT2D eigenvalue weighted by molar-refractivity contribution is -0.129. The first-order valence-electron chi connectivity index (χ1n) is 9.34. The Morgan fingerprint density at radius 3 is 2.81 bits per heavy atom. The minimum Gasteiger partial charge on any atom is -0.367 e. The van der Waals surface area contributed by atoms with Crippen LogP contribution < -0.4 is 10.2 Å². The number of fused-ring (bicyclic) bond motifs is 1. The predicted molar refractivity (Wildman–Crippen MR) is 107 cm³/mol. The second kappa shape index (κ2) is 7.90. The van der Waals surface area contributed by atoms with Crippen LogP contribution in [-0.2, 0) is 24.2 Å². The summed E-state index contributed by atoms with van der Waals surface area (Å²) >= 11 is 0. The fraction of sp³-hybridized carbons (Fsp3) is 0.500. The van der Waals surface area contributed by atoms with Gasteiger partial charge < -0.3 is 15.1 Å². The summed E-state index contributed by atoms with van der Waals surface area (Å²) in [6.07, 6.45) is 3.42. The second-order valence-corrected chi connectivity index (χ2v) is 7.40. The van der Waals surface area contributed by atoms with Crippen molar-refractivity contribution in [2.24, 2.45) is 0 Å². The normalized spacial score (nSPS) is 14.5. The van der Waals surface area contributed by atoms with E-state index in [2.05, 4.69) is 35.2 Å². The van der Waals surface area contributed by atoms with Crippen LogP contribution in [0.25, 0.3) is 0 Å². The predicted octanol–water partition coefficient (Wildman–Crippen LogP) is 2.19. The molecule has 7 nitrogen and oxygen atoms in total. The van der Waals surface area contributed by atoms with Crippen molar-refractivity contribution in [3.05, 3.63) is 40.8 Å². The summed E-state index contributed by atoms with van der Waals surface area (Å²) in [5.41, 5.74) is 4.33. The number of nitrogens with one attached hydrogen (secondary N) is 1. The molecule has 0 radical (unpaired) electrons. The molecule has 3 heterocycles. The Kier molecular flexibility index (Phi) is 5.58. The van der Waals surface area contributed by atoms with Crippen LogP contribution in [0.15, 0.2) is 18.3 Å². The van der Waals surface area contributed by atoms with Crippen LogP contribution in [0, 0.1) is 6.92 Å². The molecular formula is C20H28N6O. The maximum Gasteiger partial charge on any atom is 0.227 e. The molecule has 1 atom stereocenters. The maximum atomic E-state index is 11.8. The molecule has 7 heteroatoms. The van der Waals surface area contributed by atoms with Gasteiger partial charge in [0, 0.05) is 57.5 Å². The number of rotatable bonds is 5. The highest BCUT2D eigenvalue weighted by Gasteiger charge is 2.25. The summed E-state index contributed by atoms with van der Waals surface area (Å²) in [6.45, 7) is 7.08. The highest BCUT2D eigenvalue weighted by atomic mass is 16.2. The van der Waals surface area contributed by atoms with E-state index in [1.165, 1.54) is 5.56 Å². The van der Waals surface area contributed by atoms with Gasteiger partial charge >= 0.3 is 0 Å². The average molecular weight is 368 g/mol. The van der Waals surface area contributed by atoms with E-state index in [1.807, 2.05) is 36.2 Å². The lowest BCUT2D eigenvalue weighted by Gasteiger charge is -2.30. The molecule has 0 aliphatic carbocycles. The molecule has 1 aliphatic heterocycles. The van der Waals surface area contributed by atoms with Crippen LogP contribution in [0.1, 0.15) is 36.4 Å². The van der Waals surface area contributed by atoms with E-state index in [0.717, 1.165) is 35.6 Å². The van der Waals surface area contributed by atoms with Crippen molar-refractivity contribution in [3.63, 3.8) is 0 Å². The number of carbonyl (C=O) groups is 1. The first kappa shape index (κ1) is 19.1. The monoisotopic (exact) mass is 368 g/mol. The lowest BCUT2D eigenvalue weighted by atomic mass is 10.0. The van der Waals surface area contributed by atoms with Gasteiger partial charge in [0.15, 0.2) is 0 Å². The fourth-order valence-corrected chi connectivity index (χ4v) is 3.31. The number of aryl methyl sites for hydroxylation is 1. The highest BCUT2D eigenvalue weighted by Crippen LogP contribution is 2.26. The van der Waals surface area contributed by atoms with Crippen LogP contribution in [0.3, 0.4) is 0 Å². The summed E-state index contributed by atoms with van der Waals surface area (Å²) in [6, 6.07) is 4.22. The van der Waals surface area contributed by atoms with Gasteiger partial charge in [-0.15, -0.1) is 0 Å². The van der Waals surface area contributed by atoms with E-state index < -0.39 is 0 Å². The van der Waals surface area contributed by atoms with Crippen LogP contribution in [-0.4, -0.2) is 52.4 Å². The van der Waals surface area contributed by atoms with Gasteiger partial charge in [0.2, 0.25) is 11.9 Å². The molecular weight excluding hydrogens is 340 g/mol. The minimum atomic E-state index is 0.0826. The van der Waals surface area contributed by atoms with E-state index in [-0.39, 0.29) is 11.9 Å². The Morgan fingerprint density at radius 1 is 1.37 bits per heavy atom. The molecule has 0 saturated carbocycles. The Morgan fingerprint density at radius 2 is 2.15 bits per heavy atom. The quantitative estimate of drug-likeness (QED) is 0.872. The standard InChI is InChI=1S/C20H28N6O/c1-13-7-6-9-21-17(13)11-14(2)22-19-16-8-10-26(15(3)27)12-18(16)23-20(24-19)25(4)5/h6-7,9,14H,8,10-12H2,1-5H3,(H,22,23,24)/t14-/m0/s1. The van der Waals surface area contributed by atoms with E-state index in [1.54, 1.807) is 6.92 Å². The number of pyridine rings is 1. The van der Waals surface area contributed by atoms with E-state index >= 15 is 0 Å². The number of aromatic nitrogens is 3. The van der Waals surface area contributed by atoms with Crippen molar-refractivity contribution in [1.29, 1.82) is 0 Å². The third-order valence-corrected chi connectivity index (χ3v) is 4.90. The van der Waals surface area contributed by atoms with Crippen molar-refractivity contribution >= 4 is 17.7 Å². The van der Waals surface area contributed by atoms with E-state index in [4.69, 9.17) is 4.98 Å². The Balaban J connectivity index is 1.86. The van der Waals surface area contributed by atoms with Gasteiger partial charge in [-0.2, -0.15) is 4.98 Å². The second-order valence-electron chi connectivity index (χ2n) is 7.40. The molecule has 3 rings (SSSR count). The summed E-state index contributed by atoms with van der Waals surface area (Å²) in [5.74, 6) is 1.61. The van der Waals surface area contributed by atoms with Crippen LogP contribution >= 0.6 is 0 Å². The largest absolute Gasteiger partial charge is 0.367 e. The minimum absolute atomic E-state index is 0.0826. The van der Waals surface area contributed by atoms with Gasteiger partial charge in [-0.05, 0) is 31.9 Å². The molecule has 0 unspecified atom stereocenters. The zero-order valence-electron chi connectivity index (χ0n) is 16.8. The van der Waals surface area contributed by atoms with Crippen molar-refractivity contribution in [2.45, 2.75) is 46.2 Å². The van der Waals surface area contributed by atoms with Crippen molar-refractivity contribution in [2.75, 3.05) is 30.9 Å². The third kappa shape index (κ3) is 4.35. The molecule has 27 heavy (non-hydrogen) atoms. The van der Waals surface area contributed by atoms with Gasteiger partial charge in [0.05, 0.1) is 12.2 Å². The topological polar surface area (TPSA) is 74.2 Å². The molecule has 0 aromatic carbocycles. The number of amides is 1. The van der Waals surface area contributed by atoms with Crippen molar-refractivity contribution in [3.8, 4) is 0 Å². The van der Waals surface area contributed by atoms with E-state index in [0.29, 0.717) is 19.0 Å². The molecule has 144 valence electrons. The first-order valence-corrected chi connectivity index (χ1v) is 9.34. The smallest absolute Gasteiger partial charge is 0.227 e. The lowest BCUT2D eigenvalue weighted by Crippen LogP contribution is -2.36. The fourth-order valence-electron chi connectivity index (χ4n) is 3.31. The number of nitrogens with zero attached hydrogens (tertiary/aromatic N) is 5. The first-order chi connectivity index (χ1) is 12.8. The van der Waals surface area contributed by atoms with Crippen molar-refractivity contribution < 1.29 is 4.79 Å². The summed E-state index contributed by atoms with van der Waals surface area (Å²) < 4.78 is 0. The van der Waals surface area contributed by atoms with Gasteiger partial charge in [0.25, 0.3) is 0 Å².